The van der Waals surface area contributed by atoms with Crippen LogP contribution in [0.25, 0.3) is 10.8 Å². The second-order valence-corrected chi connectivity index (χ2v) is 8.32. The third-order valence-corrected chi connectivity index (χ3v) is 6.25. The van der Waals surface area contributed by atoms with Gasteiger partial charge in [-0.15, -0.1) is 0 Å². The van der Waals surface area contributed by atoms with Gasteiger partial charge in [0.15, 0.2) is 0 Å². The SMILES string of the molecule is Cc1cc(C)c(SNC(CNc2ccc(Cl)c3ccccc23)C(F)(F)F)c(C)c1. The molecule has 0 fully saturated rings. The molecule has 2 N–H and O–H groups in total. The molecule has 0 heterocycles. The lowest BCUT2D eigenvalue weighted by atomic mass is 10.1. The molecular weight excluding hydrogens is 417 g/mol. The molecule has 0 bridgehead atoms. The van der Waals surface area contributed by atoms with E-state index in [2.05, 4.69) is 10.0 Å². The summed E-state index contributed by atoms with van der Waals surface area (Å²) in [5.74, 6) is 0. The first-order valence-corrected chi connectivity index (χ1v) is 10.3. The first kappa shape index (κ1) is 21.8. The Balaban J connectivity index is 1.77. The number of alkyl halides is 3. The highest BCUT2D eigenvalue weighted by atomic mass is 35.5. The van der Waals surface area contributed by atoms with Gasteiger partial charge in [0.25, 0.3) is 0 Å². The molecule has 7 heteroatoms. The molecule has 154 valence electrons. The second-order valence-electron chi connectivity index (χ2n) is 7.06. The van der Waals surface area contributed by atoms with Gasteiger partial charge in [0.1, 0.15) is 6.04 Å². The van der Waals surface area contributed by atoms with Crippen LogP contribution in [0.2, 0.25) is 5.02 Å². The Bertz CT molecular complexity index is 998. The summed E-state index contributed by atoms with van der Waals surface area (Å²) in [7, 11) is 0. The highest BCUT2D eigenvalue weighted by molar-refractivity contribution is 7.97. The van der Waals surface area contributed by atoms with E-state index in [0.717, 1.165) is 44.3 Å². The summed E-state index contributed by atoms with van der Waals surface area (Å²) in [4.78, 5) is 0.821. The van der Waals surface area contributed by atoms with E-state index in [4.69, 9.17) is 11.6 Å². The monoisotopic (exact) mass is 438 g/mol. The molecule has 0 aliphatic heterocycles. The van der Waals surface area contributed by atoms with Gasteiger partial charge in [0, 0.05) is 32.9 Å². The van der Waals surface area contributed by atoms with Gasteiger partial charge in [-0.1, -0.05) is 53.6 Å². The summed E-state index contributed by atoms with van der Waals surface area (Å²) in [6, 6.07) is 13.0. The standard InChI is InChI=1S/C22H22ClF3N2S/c1-13-10-14(2)21(15(3)11-13)29-28-20(22(24,25)26)12-27-19-9-8-18(23)16-6-4-5-7-17(16)19/h4-11,20,27-28H,12H2,1-3H3. The van der Waals surface area contributed by atoms with E-state index in [-0.39, 0.29) is 6.54 Å². The van der Waals surface area contributed by atoms with Crippen LogP contribution in [0, 0.1) is 20.8 Å². The number of aryl methyl sites for hydroxylation is 3. The Morgan fingerprint density at radius 2 is 1.59 bits per heavy atom. The van der Waals surface area contributed by atoms with Crippen molar-refractivity contribution in [2.75, 3.05) is 11.9 Å². The molecular formula is C22H22ClF3N2S. The molecule has 0 aliphatic rings. The molecule has 3 aromatic rings. The fourth-order valence-corrected chi connectivity index (χ4v) is 4.46. The van der Waals surface area contributed by atoms with Crippen LogP contribution in [0.3, 0.4) is 0 Å². The van der Waals surface area contributed by atoms with Crippen molar-refractivity contribution in [2.24, 2.45) is 0 Å². The van der Waals surface area contributed by atoms with Crippen LogP contribution in [0.5, 0.6) is 0 Å². The number of hydrogen-bond acceptors (Lipinski definition) is 3. The first-order valence-electron chi connectivity index (χ1n) is 9.15. The molecule has 3 rings (SSSR count). The van der Waals surface area contributed by atoms with Crippen LogP contribution in [0.1, 0.15) is 16.7 Å². The van der Waals surface area contributed by atoms with Crippen LogP contribution < -0.4 is 10.0 Å². The molecule has 0 radical (unpaired) electrons. The molecule has 0 saturated carbocycles. The smallest absolute Gasteiger partial charge is 0.383 e. The maximum Gasteiger partial charge on any atom is 0.406 e. The van der Waals surface area contributed by atoms with Gasteiger partial charge in [-0.25, -0.2) is 4.72 Å². The van der Waals surface area contributed by atoms with Crippen LogP contribution >= 0.6 is 23.5 Å². The van der Waals surface area contributed by atoms with Crippen LogP contribution in [-0.2, 0) is 0 Å². The van der Waals surface area contributed by atoms with E-state index < -0.39 is 12.2 Å². The average molecular weight is 439 g/mol. The van der Waals surface area contributed by atoms with Crippen molar-refractivity contribution in [3.63, 3.8) is 0 Å². The van der Waals surface area contributed by atoms with E-state index in [1.807, 2.05) is 57.2 Å². The summed E-state index contributed by atoms with van der Waals surface area (Å²) in [6.45, 7) is 5.49. The van der Waals surface area contributed by atoms with E-state index in [1.54, 1.807) is 12.1 Å². The van der Waals surface area contributed by atoms with Gasteiger partial charge in [-0.3, -0.25) is 0 Å². The topological polar surface area (TPSA) is 24.1 Å². The number of benzene rings is 3. The summed E-state index contributed by atoms with van der Waals surface area (Å²) >= 11 is 7.23. The first-order chi connectivity index (χ1) is 13.7. The minimum absolute atomic E-state index is 0.300. The molecule has 0 aromatic heterocycles. The Kier molecular flexibility index (Phi) is 6.66. The molecule has 1 unspecified atom stereocenters. The zero-order chi connectivity index (χ0) is 21.2. The predicted octanol–water partition coefficient (Wildman–Crippen LogP) is 7.06. The van der Waals surface area contributed by atoms with Gasteiger partial charge in [-0.05, 0) is 56.0 Å². The van der Waals surface area contributed by atoms with Crippen molar-refractivity contribution in [1.82, 2.24) is 4.72 Å². The minimum atomic E-state index is -4.39. The van der Waals surface area contributed by atoms with Crippen LogP contribution in [-0.4, -0.2) is 18.8 Å². The van der Waals surface area contributed by atoms with Crippen molar-refractivity contribution < 1.29 is 13.2 Å². The van der Waals surface area contributed by atoms with Gasteiger partial charge in [0.2, 0.25) is 0 Å². The van der Waals surface area contributed by atoms with Crippen molar-refractivity contribution in [3.8, 4) is 0 Å². The van der Waals surface area contributed by atoms with Gasteiger partial charge in [0.05, 0.1) is 0 Å². The van der Waals surface area contributed by atoms with Crippen molar-refractivity contribution >= 4 is 40.0 Å². The van der Waals surface area contributed by atoms with E-state index in [1.165, 1.54) is 0 Å². The fourth-order valence-electron chi connectivity index (χ4n) is 3.31. The normalized spacial score (nSPS) is 12.9. The summed E-state index contributed by atoms with van der Waals surface area (Å²) in [5, 5.41) is 5.10. The number of halogens is 4. The minimum Gasteiger partial charge on any atom is -0.383 e. The van der Waals surface area contributed by atoms with Crippen LogP contribution in [0.15, 0.2) is 53.4 Å². The summed E-state index contributed by atoms with van der Waals surface area (Å²) < 4.78 is 43.5. The van der Waals surface area contributed by atoms with Gasteiger partial charge >= 0.3 is 6.18 Å². The number of nitrogens with one attached hydrogen (secondary N) is 2. The molecule has 29 heavy (non-hydrogen) atoms. The molecule has 0 saturated heterocycles. The fraction of sp³-hybridized carbons (Fsp3) is 0.273. The average Bonchev–Trinajstić information content (AvgIpc) is 2.64. The Morgan fingerprint density at radius 1 is 0.966 bits per heavy atom. The van der Waals surface area contributed by atoms with Crippen molar-refractivity contribution in [1.29, 1.82) is 0 Å². The van der Waals surface area contributed by atoms with Crippen LogP contribution in [0.4, 0.5) is 18.9 Å². The van der Waals surface area contributed by atoms with E-state index in [0.29, 0.717) is 10.7 Å². The Labute approximate surface area is 178 Å². The third-order valence-electron chi connectivity index (χ3n) is 4.67. The van der Waals surface area contributed by atoms with Crippen molar-refractivity contribution in [2.45, 2.75) is 37.9 Å². The number of fused-ring (bicyclic) bond motifs is 1. The van der Waals surface area contributed by atoms with E-state index >= 15 is 0 Å². The summed E-state index contributed by atoms with van der Waals surface area (Å²) in [5.41, 5.74) is 3.62. The van der Waals surface area contributed by atoms with Crippen molar-refractivity contribution in [3.05, 3.63) is 70.2 Å². The Hall–Kier alpha value is -1.89. The molecule has 0 aliphatic carbocycles. The zero-order valence-electron chi connectivity index (χ0n) is 16.3. The maximum absolute atomic E-state index is 13.6. The highest BCUT2D eigenvalue weighted by Gasteiger charge is 2.39. The largest absolute Gasteiger partial charge is 0.406 e. The third kappa shape index (κ3) is 5.18. The number of hydrogen-bond donors (Lipinski definition) is 2. The lowest BCUT2D eigenvalue weighted by Gasteiger charge is -2.23. The predicted molar refractivity (Wildman–Crippen MR) is 117 cm³/mol. The molecule has 3 aromatic carbocycles. The quantitative estimate of drug-likeness (QED) is 0.403. The second kappa shape index (κ2) is 8.86. The van der Waals surface area contributed by atoms with Gasteiger partial charge < -0.3 is 5.32 Å². The summed E-state index contributed by atoms with van der Waals surface area (Å²) in [6.07, 6.45) is -4.39. The van der Waals surface area contributed by atoms with E-state index in [9.17, 15) is 13.2 Å². The maximum atomic E-state index is 13.6. The van der Waals surface area contributed by atoms with Gasteiger partial charge in [-0.2, -0.15) is 13.2 Å². The number of anilines is 1. The Morgan fingerprint density at radius 3 is 2.21 bits per heavy atom. The highest BCUT2D eigenvalue weighted by Crippen LogP contribution is 2.32. The lowest BCUT2D eigenvalue weighted by molar-refractivity contribution is -0.147. The zero-order valence-corrected chi connectivity index (χ0v) is 17.9. The molecule has 0 spiro atoms. The molecule has 2 nitrogen and oxygen atoms in total. The lowest BCUT2D eigenvalue weighted by Crippen LogP contribution is -2.44. The number of rotatable bonds is 6. The molecule has 1 atom stereocenters. The molecule has 0 amide bonds.